The fourth-order valence-corrected chi connectivity index (χ4v) is 3.93. The van der Waals surface area contributed by atoms with Crippen molar-refractivity contribution in [1.29, 1.82) is 0 Å². The highest BCUT2D eigenvalue weighted by molar-refractivity contribution is 7.88. The van der Waals surface area contributed by atoms with Crippen LogP contribution < -0.4 is 10.6 Å². The van der Waals surface area contributed by atoms with Crippen molar-refractivity contribution in [3.63, 3.8) is 0 Å². The van der Waals surface area contributed by atoms with E-state index in [2.05, 4.69) is 34.7 Å². The minimum absolute atomic E-state index is 0.310. The first kappa shape index (κ1) is 21.7. The minimum atomic E-state index is -3.08. The molecule has 1 saturated heterocycles. The number of guanidine groups is 1. The number of hydrogen-bond donors (Lipinski definition) is 2. The van der Waals surface area contributed by atoms with Crippen molar-refractivity contribution in [2.24, 2.45) is 16.8 Å². The molecule has 0 aliphatic carbocycles. The molecule has 1 fully saturated rings. The van der Waals surface area contributed by atoms with Crippen molar-refractivity contribution in [2.45, 2.75) is 20.0 Å². The molecule has 1 aromatic carbocycles. The summed E-state index contributed by atoms with van der Waals surface area (Å²) in [5, 5.41) is 6.61. The Morgan fingerprint density at radius 3 is 2.70 bits per heavy atom. The van der Waals surface area contributed by atoms with Gasteiger partial charge in [0.05, 0.1) is 19.5 Å². The van der Waals surface area contributed by atoms with Crippen LogP contribution in [0.2, 0.25) is 0 Å². The molecule has 1 heterocycles. The lowest BCUT2D eigenvalue weighted by Crippen LogP contribution is -2.42. The summed E-state index contributed by atoms with van der Waals surface area (Å²) in [6.07, 6.45) is 2.14. The Morgan fingerprint density at radius 1 is 1.33 bits per heavy atom. The number of nitrogens with zero attached hydrogens (tertiary/aromatic N) is 2. The van der Waals surface area contributed by atoms with E-state index < -0.39 is 10.0 Å². The molecule has 2 rings (SSSR count). The number of benzene rings is 1. The van der Waals surface area contributed by atoms with E-state index >= 15 is 0 Å². The summed E-state index contributed by atoms with van der Waals surface area (Å²) in [6.45, 7) is 6.08. The summed E-state index contributed by atoms with van der Waals surface area (Å²) in [5.41, 5.74) is 1.18. The molecular weight excluding hydrogens is 364 g/mol. The van der Waals surface area contributed by atoms with E-state index in [0.717, 1.165) is 18.9 Å². The van der Waals surface area contributed by atoms with Crippen LogP contribution in [0.25, 0.3) is 0 Å². The lowest BCUT2D eigenvalue weighted by molar-refractivity contribution is 0.0931. The van der Waals surface area contributed by atoms with Crippen LogP contribution in [0, 0.1) is 11.8 Å². The second kappa shape index (κ2) is 10.6. The van der Waals surface area contributed by atoms with Gasteiger partial charge in [-0.15, -0.1) is 0 Å². The van der Waals surface area contributed by atoms with E-state index in [1.807, 2.05) is 18.2 Å². The topological polar surface area (TPSA) is 83.0 Å². The van der Waals surface area contributed by atoms with Gasteiger partial charge >= 0.3 is 0 Å². The van der Waals surface area contributed by atoms with Gasteiger partial charge in [0.2, 0.25) is 10.0 Å². The number of ether oxygens (including phenoxy) is 1. The van der Waals surface area contributed by atoms with Gasteiger partial charge in [-0.05, 0) is 23.8 Å². The summed E-state index contributed by atoms with van der Waals surface area (Å²) in [6, 6.07) is 10.1. The van der Waals surface area contributed by atoms with Crippen LogP contribution in [-0.2, 0) is 21.4 Å². The minimum Gasteiger partial charge on any atom is -0.376 e. The van der Waals surface area contributed by atoms with Crippen molar-refractivity contribution in [2.75, 3.05) is 46.1 Å². The van der Waals surface area contributed by atoms with Crippen molar-refractivity contribution >= 4 is 16.0 Å². The average Bonchev–Trinajstić information content (AvgIpc) is 3.12. The zero-order valence-electron chi connectivity index (χ0n) is 16.5. The molecule has 152 valence electrons. The van der Waals surface area contributed by atoms with Crippen LogP contribution in [0.5, 0.6) is 0 Å². The van der Waals surface area contributed by atoms with Gasteiger partial charge in [-0.2, -0.15) is 0 Å². The normalized spacial score (nSPS) is 19.8. The van der Waals surface area contributed by atoms with Gasteiger partial charge < -0.3 is 15.4 Å². The smallest absolute Gasteiger partial charge is 0.211 e. The van der Waals surface area contributed by atoms with Crippen LogP contribution in [0.1, 0.15) is 18.9 Å². The first-order chi connectivity index (χ1) is 12.9. The van der Waals surface area contributed by atoms with E-state index in [9.17, 15) is 8.42 Å². The van der Waals surface area contributed by atoms with E-state index in [0.29, 0.717) is 44.7 Å². The second-order valence-electron chi connectivity index (χ2n) is 7.22. The Morgan fingerprint density at radius 2 is 2.07 bits per heavy atom. The SMILES string of the molecule is CN=C(NCC(C)COCc1ccccc1)NCC1CCN(S(C)(=O)=O)C1. The molecule has 1 aliphatic heterocycles. The number of sulfonamides is 1. The molecule has 27 heavy (non-hydrogen) atoms. The van der Waals surface area contributed by atoms with Crippen molar-refractivity contribution < 1.29 is 13.2 Å². The highest BCUT2D eigenvalue weighted by Crippen LogP contribution is 2.17. The predicted molar refractivity (Wildman–Crippen MR) is 109 cm³/mol. The summed E-state index contributed by atoms with van der Waals surface area (Å²) in [4.78, 5) is 4.24. The molecule has 0 aromatic heterocycles. The highest BCUT2D eigenvalue weighted by atomic mass is 32.2. The number of nitrogens with one attached hydrogen (secondary N) is 2. The first-order valence-corrected chi connectivity index (χ1v) is 11.2. The molecule has 1 aromatic rings. The molecule has 7 nitrogen and oxygen atoms in total. The summed E-state index contributed by atoms with van der Waals surface area (Å²) in [5.74, 6) is 1.40. The monoisotopic (exact) mass is 396 g/mol. The molecule has 0 spiro atoms. The Balaban J connectivity index is 1.62. The Kier molecular flexibility index (Phi) is 8.53. The van der Waals surface area contributed by atoms with Gasteiger partial charge in [0.1, 0.15) is 0 Å². The van der Waals surface area contributed by atoms with E-state index in [1.54, 1.807) is 11.4 Å². The zero-order valence-corrected chi connectivity index (χ0v) is 17.3. The van der Waals surface area contributed by atoms with E-state index in [4.69, 9.17) is 4.74 Å². The zero-order chi connectivity index (χ0) is 19.7. The van der Waals surface area contributed by atoms with Crippen LogP contribution in [0.3, 0.4) is 0 Å². The van der Waals surface area contributed by atoms with Crippen LogP contribution in [0.15, 0.2) is 35.3 Å². The van der Waals surface area contributed by atoms with Crippen LogP contribution in [0.4, 0.5) is 0 Å². The maximum absolute atomic E-state index is 11.6. The van der Waals surface area contributed by atoms with E-state index in [1.165, 1.54) is 11.8 Å². The lowest BCUT2D eigenvalue weighted by atomic mass is 10.1. The fourth-order valence-electron chi connectivity index (χ4n) is 3.01. The van der Waals surface area contributed by atoms with Gasteiger partial charge in [0.15, 0.2) is 5.96 Å². The Labute approximate surface area is 163 Å². The van der Waals surface area contributed by atoms with Gasteiger partial charge in [-0.1, -0.05) is 37.3 Å². The van der Waals surface area contributed by atoms with Crippen molar-refractivity contribution in [1.82, 2.24) is 14.9 Å². The van der Waals surface area contributed by atoms with Crippen molar-refractivity contribution in [3.8, 4) is 0 Å². The molecule has 0 saturated carbocycles. The highest BCUT2D eigenvalue weighted by Gasteiger charge is 2.28. The molecule has 0 bridgehead atoms. The standard InChI is InChI=1S/C19H32N4O3S/c1-16(14-26-15-17-7-5-4-6-8-17)11-21-19(20-2)22-12-18-9-10-23(13-18)27(3,24)25/h4-8,16,18H,9-15H2,1-3H3,(H2,20,21,22). The molecule has 2 N–H and O–H groups in total. The summed E-state index contributed by atoms with van der Waals surface area (Å²) < 4.78 is 30.5. The van der Waals surface area contributed by atoms with Gasteiger partial charge in [-0.3, -0.25) is 4.99 Å². The average molecular weight is 397 g/mol. The fraction of sp³-hybridized carbons (Fsp3) is 0.632. The molecule has 2 unspecified atom stereocenters. The third-order valence-electron chi connectivity index (χ3n) is 4.63. The largest absolute Gasteiger partial charge is 0.376 e. The molecule has 0 amide bonds. The lowest BCUT2D eigenvalue weighted by Gasteiger charge is -2.18. The number of aliphatic imine (C=N–C) groups is 1. The maximum atomic E-state index is 11.6. The number of rotatable bonds is 9. The quantitative estimate of drug-likeness (QED) is 0.485. The Bertz CT molecular complexity index is 694. The predicted octanol–water partition coefficient (Wildman–Crippen LogP) is 1.29. The molecular formula is C19H32N4O3S. The summed E-state index contributed by atoms with van der Waals surface area (Å²) >= 11 is 0. The third-order valence-corrected chi connectivity index (χ3v) is 5.90. The van der Waals surface area contributed by atoms with Crippen LogP contribution >= 0.6 is 0 Å². The first-order valence-electron chi connectivity index (χ1n) is 9.39. The number of hydrogen-bond acceptors (Lipinski definition) is 4. The molecule has 2 atom stereocenters. The summed E-state index contributed by atoms with van der Waals surface area (Å²) in [7, 11) is -1.34. The van der Waals surface area contributed by atoms with Gasteiger partial charge in [0.25, 0.3) is 0 Å². The Hall–Kier alpha value is -1.64. The molecule has 0 radical (unpaired) electrons. The van der Waals surface area contributed by atoms with Gasteiger partial charge in [-0.25, -0.2) is 12.7 Å². The molecule has 8 heteroatoms. The molecule has 1 aliphatic rings. The van der Waals surface area contributed by atoms with Gasteiger partial charge in [0, 0.05) is 33.2 Å². The second-order valence-corrected chi connectivity index (χ2v) is 9.20. The van der Waals surface area contributed by atoms with E-state index in [-0.39, 0.29) is 0 Å². The third kappa shape index (κ3) is 7.86. The van der Waals surface area contributed by atoms with Crippen LogP contribution in [-0.4, -0.2) is 64.8 Å². The maximum Gasteiger partial charge on any atom is 0.211 e. The van der Waals surface area contributed by atoms with Crippen molar-refractivity contribution in [3.05, 3.63) is 35.9 Å².